The van der Waals surface area contributed by atoms with Crippen LogP contribution in [0.15, 0.2) is 54.9 Å². The molecular formula is C19H22N6. The van der Waals surface area contributed by atoms with E-state index in [0.29, 0.717) is 5.95 Å². The lowest BCUT2D eigenvalue weighted by Gasteiger charge is -2.30. The number of anilines is 3. The summed E-state index contributed by atoms with van der Waals surface area (Å²) in [5, 5.41) is 11.2. The molecule has 0 amide bonds. The van der Waals surface area contributed by atoms with Crippen LogP contribution in [0.3, 0.4) is 0 Å². The molecule has 6 nitrogen and oxygen atoms in total. The fourth-order valence-corrected chi connectivity index (χ4v) is 3.10. The lowest BCUT2D eigenvalue weighted by Crippen LogP contribution is -2.43. The molecule has 1 aliphatic heterocycles. The van der Waals surface area contributed by atoms with Crippen molar-refractivity contribution in [2.75, 3.05) is 36.4 Å². The molecule has 0 unspecified atom stereocenters. The number of hydrogen-bond donors (Lipinski definition) is 2. The van der Waals surface area contributed by atoms with Crippen molar-refractivity contribution in [3.8, 4) is 5.69 Å². The summed E-state index contributed by atoms with van der Waals surface area (Å²) >= 11 is 0. The van der Waals surface area contributed by atoms with E-state index in [0.717, 1.165) is 37.6 Å². The number of nitrogens with one attached hydrogen (secondary N) is 2. The van der Waals surface area contributed by atoms with Gasteiger partial charge in [-0.2, -0.15) is 4.98 Å². The molecule has 6 heteroatoms. The molecule has 2 N–H and O–H groups in total. The lowest BCUT2D eigenvalue weighted by molar-refractivity contribution is 0.589. The smallest absolute Gasteiger partial charge is 0.246 e. The molecule has 1 saturated heterocycles. The number of aryl methyl sites for hydroxylation is 1. The van der Waals surface area contributed by atoms with Crippen molar-refractivity contribution >= 4 is 17.3 Å². The van der Waals surface area contributed by atoms with E-state index >= 15 is 0 Å². The number of nitrogens with zero attached hydrogens (tertiary/aromatic N) is 4. The summed E-state index contributed by atoms with van der Waals surface area (Å²) < 4.78 is 1.77. The standard InChI is InChI=1S/C19H22N6/c1-15-11-16(13-18(12-15)24-9-7-20-8-10-24)22-19-21-14-25(23-19)17-5-3-2-4-6-17/h2-6,11-14,20H,7-10H2,1H3,(H,22,23). The van der Waals surface area contributed by atoms with Crippen LogP contribution in [0, 0.1) is 6.92 Å². The number of piperazine rings is 1. The van der Waals surface area contributed by atoms with Gasteiger partial charge >= 0.3 is 0 Å². The largest absolute Gasteiger partial charge is 0.369 e. The van der Waals surface area contributed by atoms with Crippen molar-refractivity contribution in [3.63, 3.8) is 0 Å². The zero-order chi connectivity index (χ0) is 17.1. The van der Waals surface area contributed by atoms with Crippen LogP contribution in [0.4, 0.5) is 17.3 Å². The van der Waals surface area contributed by atoms with Crippen LogP contribution < -0.4 is 15.5 Å². The molecule has 3 aromatic rings. The number of benzene rings is 2. The highest BCUT2D eigenvalue weighted by Crippen LogP contribution is 2.24. The maximum Gasteiger partial charge on any atom is 0.246 e. The summed E-state index contributed by atoms with van der Waals surface area (Å²) in [5.41, 5.74) is 4.47. The first-order valence-corrected chi connectivity index (χ1v) is 8.59. The Morgan fingerprint density at radius 2 is 1.80 bits per heavy atom. The third-order valence-corrected chi connectivity index (χ3v) is 4.31. The van der Waals surface area contributed by atoms with E-state index in [4.69, 9.17) is 0 Å². The molecule has 2 aromatic carbocycles. The van der Waals surface area contributed by atoms with Crippen molar-refractivity contribution in [1.29, 1.82) is 0 Å². The van der Waals surface area contributed by atoms with E-state index < -0.39 is 0 Å². The maximum atomic E-state index is 4.52. The summed E-state index contributed by atoms with van der Waals surface area (Å²) in [5.74, 6) is 0.598. The minimum absolute atomic E-state index is 0.598. The number of para-hydroxylation sites is 1. The van der Waals surface area contributed by atoms with Crippen molar-refractivity contribution in [1.82, 2.24) is 20.1 Å². The van der Waals surface area contributed by atoms with Crippen LogP contribution in [-0.2, 0) is 0 Å². The first kappa shape index (κ1) is 15.7. The van der Waals surface area contributed by atoms with Gasteiger partial charge in [0.05, 0.1) is 5.69 Å². The van der Waals surface area contributed by atoms with Gasteiger partial charge in [0.2, 0.25) is 5.95 Å². The molecule has 128 valence electrons. The molecule has 0 aliphatic carbocycles. The number of rotatable bonds is 4. The topological polar surface area (TPSA) is 58.0 Å². The molecule has 0 bridgehead atoms. The Labute approximate surface area is 147 Å². The van der Waals surface area contributed by atoms with E-state index in [1.807, 2.05) is 30.3 Å². The second-order valence-electron chi connectivity index (χ2n) is 6.27. The van der Waals surface area contributed by atoms with Gasteiger partial charge in [-0.25, -0.2) is 4.68 Å². The Bertz CT molecular complexity index is 836. The predicted octanol–water partition coefficient (Wildman–Crippen LogP) is 2.73. The minimum Gasteiger partial charge on any atom is -0.369 e. The van der Waals surface area contributed by atoms with Gasteiger partial charge in [-0.3, -0.25) is 0 Å². The molecule has 4 rings (SSSR count). The van der Waals surface area contributed by atoms with E-state index in [1.165, 1.54) is 11.3 Å². The van der Waals surface area contributed by atoms with Crippen molar-refractivity contribution in [3.05, 3.63) is 60.4 Å². The summed E-state index contributed by atoms with van der Waals surface area (Å²) in [6.07, 6.45) is 1.73. The molecule has 0 atom stereocenters. The maximum absolute atomic E-state index is 4.52. The van der Waals surface area contributed by atoms with Crippen LogP contribution in [0.1, 0.15) is 5.56 Å². The molecule has 1 aliphatic rings. The van der Waals surface area contributed by atoms with E-state index in [2.05, 4.69) is 50.7 Å². The second-order valence-corrected chi connectivity index (χ2v) is 6.27. The highest BCUT2D eigenvalue weighted by atomic mass is 15.4. The molecule has 1 fully saturated rings. The van der Waals surface area contributed by atoms with Gasteiger partial charge < -0.3 is 15.5 Å². The summed E-state index contributed by atoms with van der Waals surface area (Å²) in [6, 6.07) is 16.5. The van der Waals surface area contributed by atoms with Gasteiger partial charge in [-0.15, -0.1) is 5.10 Å². The van der Waals surface area contributed by atoms with Gasteiger partial charge in [0.15, 0.2) is 0 Å². The molecule has 2 heterocycles. The molecule has 0 spiro atoms. The summed E-state index contributed by atoms with van der Waals surface area (Å²) in [6.45, 7) is 6.24. The Hall–Kier alpha value is -2.86. The van der Waals surface area contributed by atoms with Gasteiger partial charge in [0.1, 0.15) is 6.33 Å². The quantitative estimate of drug-likeness (QED) is 0.768. The van der Waals surface area contributed by atoms with Crippen LogP contribution in [0.2, 0.25) is 0 Å². The Morgan fingerprint density at radius 1 is 1.00 bits per heavy atom. The monoisotopic (exact) mass is 334 g/mol. The Morgan fingerprint density at radius 3 is 2.60 bits per heavy atom. The molecule has 25 heavy (non-hydrogen) atoms. The van der Waals surface area contributed by atoms with Crippen LogP contribution in [-0.4, -0.2) is 40.9 Å². The fraction of sp³-hybridized carbons (Fsp3) is 0.263. The molecular weight excluding hydrogens is 312 g/mol. The number of aromatic nitrogens is 3. The highest BCUT2D eigenvalue weighted by molar-refractivity contribution is 5.64. The van der Waals surface area contributed by atoms with Gasteiger partial charge in [0, 0.05) is 37.6 Å². The first-order valence-electron chi connectivity index (χ1n) is 8.59. The minimum atomic E-state index is 0.598. The van der Waals surface area contributed by atoms with Crippen molar-refractivity contribution < 1.29 is 0 Å². The first-order chi connectivity index (χ1) is 12.3. The van der Waals surface area contributed by atoms with E-state index in [1.54, 1.807) is 11.0 Å². The van der Waals surface area contributed by atoms with Crippen LogP contribution >= 0.6 is 0 Å². The Balaban J connectivity index is 1.54. The van der Waals surface area contributed by atoms with Crippen molar-refractivity contribution in [2.24, 2.45) is 0 Å². The van der Waals surface area contributed by atoms with Crippen LogP contribution in [0.25, 0.3) is 5.69 Å². The molecule has 0 radical (unpaired) electrons. The van der Waals surface area contributed by atoms with Crippen LogP contribution in [0.5, 0.6) is 0 Å². The lowest BCUT2D eigenvalue weighted by atomic mass is 10.1. The summed E-state index contributed by atoms with van der Waals surface area (Å²) in [7, 11) is 0. The van der Waals surface area contributed by atoms with Gasteiger partial charge in [-0.1, -0.05) is 18.2 Å². The third-order valence-electron chi connectivity index (χ3n) is 4.31. The van der Waals surface area contributed by atoms with E-state index in [9.17, 15) is 0 Å². The molecule has 1 aromatic heterocycles. The summed E-state index contributed by atoms with van der Waals surface area (Å²) in [4.78, 5) is 6.78. The van der Waals surface area contributed by atoms with Crippen molar-refractivity contribution in [2.45, 2.75) is 6.92 Å². The highest BCUT2D eigenvalue weighted by Gasteiger charge is 2.12. The molecule has 0 saturated carbocycles. The average molecular weight is 334 g/mol. The van der Waals surface area contributed by atoms with Gasteiger partial charge in [0.25, 0.3) is 0 Å². The number of hydrogen-bond acceptors (Lipinski definition) is 5. The SMILES string of the molecule is Cc1cc(Nc2ncn(-c3ccccc3)n2)cc(N2CCNCC2)c1. The normalized spacial score (nSPS) is 14.5. The third kappa shape index (κ3) is 3.64. The zero-order valence-electron chi connectivity index (χ0n) is 14.3. The van der Waals surface area contributed by atoms with Gasteiger partial charge in [-0.05, 0) is 42.8 Å². The van der Waals surface area contributed by atoms with E-state index in [-0.39, 0.29) is 0 Å². The zero-order valence-corrected chi connectivity index (χ0v) is 14.3. The Kier molecular flexibility index (Phi) is 4.35. The second kappa shape index (κ2) is 6.94. The fourth-order valence-electron chi connectivity index (χ4n) is 3.10. The average Bonchev–Trinajstić information content (AvgIpc) is 3.11. The predicted molar refractivity (Wildman–Crippen MR) is 101 cm³/mol.